The van der Waals surface area contributed by atoms with Gasteiger partial charge in [-0.3, -0.25) is 4.98 Å². The van der Waals surface area contributed by atoms with Gasteiger partial charge in [0.25, 0.3) is 0 Å². The quantitative estimate of drug-likeness (QED) is 0.626. The smallest absolute Gasteiger partial charge is 0.0895 e. The third kappa shape index (κ3) is 1.78. The van der Waals surface area contributed by atoms with Crippen molar-refractivity contribution < 1.29 is 0 Å². The lowest BCUT2D eigenvalue weighted by molar-refractivity contribution is 1.29. The van der Waals surface area contributed by atoms with Gasteiger partial charge < -0.3 is 0 Å². The summed E-state index contributed by atoms with van der Waals surface area (Å²) in [4.78, 5) is 8.77. The highest BCUT2D eigenvalue weighted by atomic mass is 14.7. The van der Waals surface area contributed by atoms with Crippen LogP contribution in [-0.4, -0.2) is 9.97 Å². The molecule has 0 unspecified atom stereocenters. The maximum absolute atomic E-state index is 4.64. The third-order valence-corrected chi connectivity index (χ3v) is 2.89. The average Bonchev–Trinajstić information content (AvgIpc) is 2.40. The van der Waals surface area contributed by atoms with Crippen LogP contribution >= 0.6 is 0 Å². The van der Waals surface area contributed by atoms with Gasteiger partial charge in [-0.25, -0.2) is 4.98 Å². The van der Waals surface area contributed by atoms with E-state index in [9.17, 15) is 0 Å². The zero-order chi connectivity index (χ0) is 11.7. The van der Waals surface area contributed by atoms with E-state index >= 15 is 0 Å². The fourth-order valence-corrected chi connectivity index (χ4v) is 2.01. The van der Waals surface area contributed by atoms with Gasteiger partial charge in [0.2, 0.25) is 0 Å². The molecule has 82 valence electrons. The lowest BCUT2D eigenvalue weighted by atomic mass is 10.1. The number of hydrogen-bond donors (Lipinski definition) is 0. The Kier molecular flexibility index (Phi) is 2.33. The molecule has 0 amide bonds. The van der Waals surface area contributed by atoms with Crippen LogP contribution in [0.15, 0.2) is 54.9 Å². The van der Waals surface area contributed by atoms with Crippen LogP contribution in [0.3, 0.4) is 0 Å². The molecule has 0 aliphatic heterocycles. The Bertz CT molecular complexity index is 660. The minimum atomic E-state index is 0.950. The molecule has 2 heterocycles. The molecule has 0 atom stereocenters. The van der Waals surface area contributed by atoms with E-state index in [1.165, 1.54) is 10.9 Å². The number of aryl methyl sites for hydroxylation is 1. The molecule has 0 bridgehead atoms. The second-order valence-electron chi connectivity index (χ2n) is 4.08. The molecule has 0 aliphatic rings. The minimum Gasteiger partial charge on any atom is -0.262 e. The van der Waals surface area contributed by atoms with Gasteiger partial charge in [0.05, 0.1) is 17.4 Å². The van der Waals surface area contributed by atoms with Gasteiger partial charge in [-0.05, 0) is 24.6 Å². The number of nitrogens with zero attached hydrogens (tertiary/aromatic N) is 2. The first-order valence-corrected chi connectivity index (χ1v) is 5.61. The van der Waals surface area contributed by atoms with E-state index in [1.54, 1.807) is 6.20 Å². The summed E-state index contributed by atoms with van der Waals surface area (Å²) in [5.41, 5.74) is 4.33. The summed E-state index contributed by atoms with van der Waals surface area (Å²) in [6.45, 7) is 2.11. The van der Waals surface area contributed by atoms with Crippen molar-refractivity contribution in [3.8, 4) is 11.3 Å². The maximum Gasteiger partial charge on any atom is 0.0895 e. The van der Waals surface area contributed by atoms with Crippen molar-refractivity contribution in [2.45, 2.75) is 6.92 Å². The summed E-state index contributed by atoms with van der Waals surface area (Å²) in [6.07, 6.45) is 3.62. The van der Waals surface area contributed by atoms with Gasteiger partial charge in [-0.1, -0.05) is 30.3 Å². The number of benzene rings is 1. The van der Waals surface area contributed by atoms with E-state index in [0.29, 0.717) is 0 Å². The fourth-order valence-electron chi connectivity index (χ4n) is 2.01. The van der Waals surface area contributed by atoms with Crippen LogP contribution in [0.5, 0.6) is 0 Å². The van der Waals surface area contributed by atoms with E-state index in [2.05, 4.69) is 35.1 Å². The number of fused-ring (bicyclic) bond motifs is 1. The van der Waals surface area contributed by atoms with Gasteiger partial charge in [0, 0.05) is 17.1 Å². The van der Waals surface area contributed by atoms with Crippen LogP contribution in [0.4, 0.5) is 0 Å². The molecule has 3 aromatic rings. The molecular weight excluding hydrogens is 208 g/mol. The fraction of sp³-hybridized carbons (Fsp3) is 0.0667. The van der Waals surface area contributed by atoms with Crippen molar-refractivity contribution in [1.82, 2.24) is 9.97 Å². The monoisotopic (exact) mass is 220 g/mol. The van der Waals surface area contributed by atoms with E-state index in [-0.39, 0.29) is 0 Å². The Balaban J connectivity index is 2.26. The zero-order valence-corrected chi connectivity index (χ0v) is 9.59. The summed E-state index contributed by atoms with van der Waals surface area (Å²) in [5.74, 6) is 0. The summed E-state index contributed by atoms with van der Waals surface area (Å²) < 4.78 is 0. The SMILES string of the molecule is Cc1cc(-c2ccccc2)nc2cnccc12. The predicted molar refractivity (Wildman–Crippen MR) is 69.7 cm³/mol. The van der Waals surface area contributed by atoms with Gasteiger partial charge >= 0.3 is 0 Å². The van der Waals surface area contributed by atoms with Gasteiger partial charge in [-0.2, -0.15) is 0 Å². The molecule has 3 rings (SSSR count). The van der Waals surface area contributed by atoms with E-state index in [0.717, 1.165) is 16.8 Å². The Morgan fingerprint density at radius 2 is 1.82 bits per heavy atom. The van der Waals surface area contributed by atoms with Crippen LogP contribution in [-0.2, 0) is 0 Å². The molecule has 0 N–H and O–H groups in total. The molecule has 0 fully saturated rings. The minimum absolute atomic E-state index is 0.950. The molecule has 0 saturated carbocycles. The molecule has 2 nitrogen and oxygen atoms in total. The number of rotatable bonds is 1. The van der Waals surface area contributed by atoms with Crippen molar-refractivity contribution >= 4 is 10.9 Å². The van der Waals surface area contributed by atoms with Gasteiger partial charge in [-0.15, -0.1) is 0 Å². The van der Waals surface area contributed by atoms with E-state index in [4.69, 9.17) is 0 Å². The number of hydrogen-bond acceptors (Lipinski definition) is 2. The molecule has 2 aromatic heterocycles. The Labute approximate surface area is 100.0 Å². The number of pyridine rings is 2. The lowest BCUT2D eigenvalue weighted by Gasteiger charge is -2.05. The van der Waals surface area contributed by atoms with E-state index < -0.39 is 0 Å². The second kappa shape index (κ2) is 3.98. The summed E-state index contributed by atoms with van der Waals surface area (Å²) in [5, 5.41) is 1.17. The van der Waals surface area contributed by atoms with Crippen molar-refractivity contribution in [2.75, 3.05) is 0 Å². The average molecular weight is 220 g/mol. The Morgan fingerprint density at radius 3 is 2.65 bits per heavy atom. The highest BCUT2D eigenvalue weighted by Gasteiger charge is 2.03. The Hall–Kier alpha value is -2.22. The molecule has 0 spiro atoms. The summed E-state index contributed by atoms with van der Waals surface area (Å²) >= 11 is 0. The van der Waals surface area contributed by atoms with Crippen molar-refractivity contribution in [2.24, 2.45) is 0 Å². The van der Waals surface area contributed by atoms with Crippen LogP contribution in [0, 0.1) is 6.92 Å². The molecular formula is C15H12N2. The molecule has 2 heteroatoms. The Morgan fingerprint density at radius 1 is 1.00 bits per heavy atom. The first kappa shape index (κ1) is 9.97. The molecule has 0 aliphatic carbocycles. The largest absolute Gasteiger partial charge is 0.262 e. The molecule has 1 aromatic carbocycles. The summed E-state index contributed by atoms with van der Waals surface area (Å²) in [7, 11) is 0. The van der Waals surface area contributed by atoms with Gasteiger partial charge in [0.1, 0.15) is 0 Å². The van der Waals surface area contributed by atoms with E-state index in [1.807, 2.05) is 30.5 Å². The van der Waals surface area contributed by atoms with Crippen LogP contribution in [0.1, 0.15) is 5.56 Å². The summed E-state index contributed by atoms with van der Waals surface area (Å²) in [6, 6.07) is 14.3. The highest BCUT2D eigenvalue weighted by Crippen LogP contribution is 2.23. The lowest BCUT2D eigenvalue weighted by Crippen LogP contribution is -1.89. The van der Waals surface area contributed by atoms with Crippen LogP contribution < -0.4 is 0 Å². The third-order valence-electron chi connectivity index (χ3n) is 2.89. The van der Waals surface area contributed by atoms with Crippen molar-refractivity contribution in [3.05, 3.63) is 60.4 Å². The van der Waals surface area contributed by atoms with Gasteiger partial charge in [0.15, 0.2) is 0 Å². The number of aromatic nitrogens is 2. The zero-order valence-electron chi connectivity index (χ0n) is 9.59. The standard InChI is InChI=1S/C15H12N2/c1-11-9-14(12-5-3-2-4-6-12)17-15-10-16-8-7-13(11)15/h2-10H,1H3. The highest BCUT2D eigenvalue weighted by molar-refractivity contribution is 5.84. The van der Waals surface area contributed by atoms with Crippen molar-refractivity contribution in [1.29, 1.82) is 0 Å². The normalized spacial score (nSPS) is 10.6. The maximum atomic E-state index is 4.64. The predicted octanol–water partition coefficient (Wildman–Crippen LogP) is 3.61. The van der Waals surface area contributed by atoms with Crippen LogP contribution in [0.2, 0.25) is 0 Å². The second-order valence-corrected chi connectivity index (χ2v) is 4.08. The van der Waals surface area contributed by atoms with Crippen molar-refractivity contribution in [3.63, 3.8) is 0 Å². The van der Waals surface area contributed by atoms with Crippen LogP contribution in [0.25, 0.3) is 22.2 Å². The first-order valence-electron chi connectivity index (χ1n) is 5.61. The first-order chi connectivity index (χ1) is 8.34. The molecule has 0 saturated heterocycles. The topological polar surface area (TPSA) is 25.8 Å². The molecule has 17 heavy (non-hydrogen) atoms. The molecule has 0 radical (unpaired) electrons.